The van der Waals surface area contributed by atoms with Crippen molar-refractivity contribution >= 4 is 40.1 Å². The highest BCUT2D eigenvalue weighted by Crippen LogP contribution is 2.32. The van der Waals surface area contributed by atoms with Crippen molar-refractivity contribution in [3.05, 3.63) is 58.1 Å². The molecule has 2 aromatic rings. The number of nitrogens with one attached hydrogen (secondary N) is 1. The molecular weight excluding hydrogens is 518 g/mol. The van der Waals surface area contributed by atoms with Crippen molar-refractivity contribution in [1.82, 2.24) is 15.1 Å². The van der Waals surface area contributed by atoms with Gasteiger partial charge in [0.15, 0.2) is 0 Å². The number of methoxy groups -OCH3 is 1. The standard InChI is InChI=1S/C24H32BrN3O2S.CH2O2/c1-18(2)26-24(29)16-28-12-10-27(11-13-28)15-19-6-4-5-7-23(19)31-17-20-14-21(25)8-9-22(20)30-3;2-1-3/h4-9,14,18H,10-13,15-17H2,1-3H3,(H,26,29);1H,(H,2,3). The summed E-state index contributed by atoms with van der Waals surface area (Å²) < 4.78 is 6.59. The molecule has 0 radical (unpaired) electrons. The van der Waals surface area contributed by atoms with Crippen LogP contribution in [0, 0.1) is 0 Å². The Labute approximate surface area is 215 Å². The molecule has 0 aliphatic carbocycles. The monoisotopic (exact) mass is 551 g/mol. The van der Waals surface area contributed by atoms with Gasteiger partial charge in [-0.1, -0.05) is 34.1 Å². The lowest BCUT2D eigenvalue weighted by Crippen LogP contribution is -2.49. The van der Waals surface area contributed by atoms with E-state index in [0.29, 0.717) is 6.54 Å². The van der Waals surface area contributed by atoms with Crippen LogP contribution < -0.4 is 10.1 Å². The van der Waals surface area contributed by atoms with Crippen molar-refractivity contribution in [3.8, 4) is 5.75 Å². The third-order valence-electron chi connectivity index (χ3n) is 5.27. The summed E-state index contributed by atoms with van der Waals surface area (Å²) in [5, 5.41) is 9.87. The minimum absolute atomic E-state index is 0.119. The molecule has 0 unspecified atom stereocenters. The van der Waals surface area contributed by atoms with E-state index in [1.807, 2.05) is 37.7 Å². The highest BCUT2D eigenvalue weighted by molar-refractivity contribution is 9.10. The normalized spacial score (nSPS) is 14.3. The molecule has 7 nitrogen and oxygen atoms in total. The minimum atomic E-state index is -0.250. The zero-order valence-corrected chi connectivity index (χ0v) is 22.4. The fraction of sp³-hybridized carbons (Fsp3) is 0.440. The van der Waals surface area contributed by atoms with Crippen LogP contribution in [0.4, 0.5) is 0 Å². The molecule has 1 aliphatic rings. The highest BCUT2D eigenvalue weighted by Gasteiger charge is 2.20. The topological polar surface area (TPSA) is 82.1 Å². The van der Waals surface area contributed by atoms with Gasteiger partial charge >= 0.3 is 0 Å². The van der Waals surface area contributed by atoms with Gasteiger partial charge in [-0.2, -0.15) is 0 Å². The first-order chi connectivity index (χ1) is 16.4. The molecule has 1 heterocycles. The van der Waals surface area contributed by atoms with Crippen LogP contribution in [0.5, 0.6) is 5.75 Å². The highest BCUT2D eigenvalue weighted by atomic mass is 79.9. The minimum Gasteiger partial charge on any atom is -0.496 e. The van der Waals surface area contributed by atoms with Gasteiger partial charge in [0.25, 0.3) is 6.47 Å². The van der Waals surface area contributed by atoms with Gasteiger partial charge in [-0.15, -0.1) is 11.8 Å². The maximum absolute atomic E-state index is 12.0. The van der Waals surface area contributed by atoms with E-state index in [9.17, 15) is 4.79 Å². The number of thioether (sulfide) groups is 1. The predicted octanol–water partition coefficient (Wildman–Crippen LogP) is 4.09. The fourth-order valence-corrected chi connectivity index (χ4v) is 5.15. The van der Waals surface area contributed by atoms with Crippen LogP contribution >= 0.6 is 27.7 Å². The summed E-state index contributed by atoms with van der Waals surface area (Å²) in [5.74, 6) is 1.90. The Bertz CT molecular complexity index is 921. The largest absolute Gasteiger partial charge is 0.496 e. The van der Waals surface area contributed by atoms with Crippen molar-refractivity contribution in [1.29, 1.82) is 0 Å². The Morgan fingerprint density at radius 2 is 1.79 bits per heavy atom. The Morgan fingerprint density at radius 1 is 1.15 bits per heavy atom. The van der Waals surface area contributed by atoms with Crippen LogP contribution in [-0.4, -0.2) is 73.2 Å². The number of rotatable bonds is 9. The number of benzene rings is 2. The van der Waals surface area contributed by atoms with E-state index < -0.39 is 0 Å². The molecule has 1 fully saturated rings. The lowest BCUT2D eigenvalue weighted by atomic mass is 10.2. The third kappa shape index (κ3) is 9.66. The molecule has 2 N–H and O–H groups in total. The zero-order chi connectivity index (χ0) is 24.9. The van der Waals surface area contributed by atoms with Crippen molar-refractivity contribution in [2.24, 2.45) is 0 Å². The average molecular weight is 553 g/mol. The van der Waals surface area contributed by atoms with E-state index >= 15 is 0 Å². The van der Waals surface area contributed by atoms with E-state index in [2.05, 4.69) is 61.4 Å². The van der Waals surface area contributed by atoms with Crippen molar-refractivity contribution in [3.63, 3.8) is 0 Å². The molecule has 0 aromatic heterocycles. The van der Waals surface area contributed by atoms with Crippen LogP contribution in [-0.2, 0) is 21.9 Å². The SMILES string of the molecule is COc1ccc(Br)cc1CSc1ccccc1CN1CCN(CC(=O)NC(C)C)CC1.O=CO. The van der Waals surface area contributed by atoms with E-state index in [0.717, 1.165) is 48.7 Å². The molecular formula is C25H34BrN3O4S. The fourth-order valence-electron chi connectivity index (χ4n) is 3.71. The maximum atomic E-state index is 12.0. The summed E-state index contributed by atoms with van der Waals surface area (Å²) in [4.78, 5) is 26.4. The Morgan fingerprint density at radius 3 is 2.44 bits per heavy atom. The van der Waals surface area contributed by atoms with Gasteiger partial charge in [0.2, 0.25) is 5.91 Å². The predicted molar refractivity (Wildman–Crippen MR) is 140 cm³/mol. The first-order valence-corrected chi connectivity index (χ1v) is 13.0. The van der Waals surface area contributed by atoms with Gasteiger partial charge < -0.3 is 15.2 Å². The van der Waals surface area contributed by atoms with E-state index in [1.54, 1.807) is 7.11 Å². The van der Waals surface area contributed by atoms with Gasteiger partial charge in [0, 0.05) is 59.5 Å². The molecule has 2 aromatic carbocycles. The van der Waals surface area contributed by atoms with E-state index in [1.165, 1.54) is 16.0 Å². The number of carbonyl (C=O) groups is 2. The molecule has 0 bridgehead atoms. The second kappa shape index (κ2) is 15.0. The number of amides is 1. The van der Waals surface area contributed by atoms with Crippen molar-refractivity contribution in [2.75, 3.05) is 39.8 Å². The van der Waals surface area contributed by atoms with Gasteiger partial charge in [0.1, 0.15) is 5.75 Å². The van der Waals surface area contributed by atoms with Crippen molar-refractivity contribution in [2.45, 2.75) is 37.1 Å². The second-order valence-electron chi connectivity index (χ2n) is 8.23. The second-order valence-corrected chi connectivity index (χ2v) is 10.2. The number of piperazine rings is 1. The number of hydrogen-bond acceptors (Lipinski definition) is 6. The molecule has 0 spiro atoms. The van der Waals surface area contributed by atoms with Crippen LogP contribution in [0.2, 0.25) is 0 Å². The Hall–Kier alpha value is -2.07. The molecule has 0 saturated carbocycles. The molecule has 9 heteroatoms. The Balaban J connectivity index is 0.00000129. The van der Waals surface area contributed by atoms with E-state index in [4.69, 9.17) is 14.6 Å². The van der Waals surface area contributed by atoms with Gasteiger partial charge in [-0.3, -0.25) is 19.4 Å². The summed E-state index contributed by atoms with van der Waals surface area (Å²) in [6.45, 7) is 8.99. The number of halogens is 1. The number of ether oxygens (including phenoxy) is 1. The van der Waals surface area contributed by atoms with Gasteiger partial charge in [-0.05, 0) is 43.7 Å². The average Bonchev–Trinajstić information content (AvgIpc) is 2.80. The number of carbonyl (C=O) groups excluding carboxylic acids is 1. The smallest absolute Gasteiger partial charge is 0.290 e. The lowest BCUT2D eigenvalue weighted by molar-refractivity contribution is -0.123. The molecule has 34 heavy (non-hydrogen) atoms. The van der Waals surface area contributed by atoms with Crippen LogP contribution in [0.25, 0.3) is 0 Å². The van der Waals surface area contributed by atoms with Crippen molar-refractivity contribution < 1.29 is 19.4 Å². The summed E-state index contributed by atoms with van der Waals surface area (Å²) in [6.07, 6.45) is 0. The molecule has 186 valence electrons. The molecule has 1 saturated heterocycles. The quantitative estimate of drug-likeness (QED) is 0.358. The first kappa shape index (κ1) is 28.2. The molecule has 1 amide bonds. The van der Waals surface area contributed by atoms with Crippen LogP contribution in [0.3, 0.4) is 0 Å². The maximum Gasteiger partial charge on any atom is 0.290 e. The number of carboxylic acid groups (broad SMARTS) is 1. The number of nitrogens with zero attached hydrogens (tertiary/aromatic N) is 2. The molecule has 1 aliphatic heterocycles. The van der Waals surface area contributed by atoms with E-state index in [-0.39, 0.29) is 18.4 Å². The third-order valence-corrected chi connectivity index (χ3v) is 6.93. The number of hydrogen-bond donors (Lipinski definition) is 2. The summed E-state index contributed by atoms with van der Waals surface area (Å²) in [6, 6.07) is 15.0. The Kier molecular flexibility index (Phi) is 12.5. The van der Waals surface area contributed by atoms with Gasteiger partial charge in [-0.25, -0.2) is 0 Å². The molecule has 0 atom stereocenters. The molecule has 3 rings (SSSR count). The summed E-state index contributed by atoms with van der Waals surface area (Å²) in [7, 11) is 1.72. The van der Waals surface area contributed by atoms with Crippen LogP contribution in [0.15, 0.2) is 51.8 Å². The van der Waals surface area contributed by atoms with Crippen LogP contribution in [0.1, 0.15) is 25.0 Å². The van der Waals surface area contributed by atoms with Gasteiger partial charge in [0.05, 0.1) is 13.7 Å². The summed E-state index contributed by atoms with van der Waals surface area (Å²) >= 11 is 5.41. The lowest BCUT2D eigenvalue weighted by Gasteiger charge is -2.34. The zero-order valence-electron chi connectivity index (χ0n) is 20.0. The summed E-state index contributed by atoms with van der Waals surface area (Å²) in [5.41, 5.74) is 2.54. The first-order valence-electron chi connectivity index (χ1n) is 11.2.